The van der Waals surface area contributed by atoms with E-state index in [1.807, 2.05) is 39.0 Å². The Labute approximate surface area is 243 Å². The van der Waals surface area contributed by atoms with Crippen LogP contribution in [0, 0.1) is 26.6 Å². The number of aryl methyl sites for hydroxylation is 1. The van der Waals surface area contributed by atoms with Crippen LogP contribution < -0.4 is 15.4 Å². The minimum absolute atomic E-state index is 0. The summed E-state index contributed by atoms with van der Waals surface area (Å²) in [6.45, 7) is 9.64. The first-order chi connectivity index (χ1) is 16.8. The molecule has 4 nitrogen and oxygen atoms in total. The van der Waals surface area contributed by atoms with E-state index >= 15 is 0 Å². The zero-order valence-electron chi connectivity index (χ0n) is 22.1. The van der Waals surface area contributed by atoms with Crippen LogP contribution in [0.1, 0.15) is 27.8 Å². The average molecular weight is 589 g/mol. The van der Waals surface area contributed by atoms with Crippen molar-refractivity contribution >= 4 is 48.6 Å². The fraction of sp³-hybridized carbons (Fsp3) is 0.379. The number of nitrogens with two attached hydrogens (primary N) is 1. The Bertz CT molecular complexity index is 1140. The molecule has 0 aromatic heterocycles. The zero-order valence-corrected chi connectivity index (χ0v) is 24.5. The molecule has 1 saturated heterocycles. The molecular formula is C29H38Cl3F2N3O. The van der Waals surface area contributed by atoms with Crippen LogP contribution in [0.15, 0.2) is 54.6 Å². The smallest absolute Gasteiger partial charge is 0.147 e. The first-order valence-electron chi connectivity index (χ1n) is 12.2. The van der Waals surface area contributed by atoms with Crippen LogP contribution in [0.4, 0.5) is 20.2 Å². The average Bonchev–Trinajstić information content (AvgIpc) is 2.86. The maximum Gasteiger partial charge on any atom is 0.147 e. The summed E-state index contributed by atoms with van der Waals surface area (Å²) in [5.74, 6) is 0.501. The van der Waals surface area contributed by atoms with Gasteiger partial charge in [0.15, 0.2) is 0 Å². The SMILES string of the molecule is Cc1cc(OCC(F)CN2CCN(c3ccc(Cc4ccc(F)cc4)cc3)CC2)c(C)c(C)c1N.Cl.Cl.Cl. The number of halogens is 5. The second-order valence-corrected chi connectivity index (χ2v) is 9.52. The van der Waals surface area contributed by atoms with Gasteiger partial charge >= 0.3 is 0 Å². The van der Waals surface area contributed by atoms with E-state index in [1.54, 1.807) is 0 Å². The standard InChI is InChI=1S/C29H35F2N3O.3ClH/c1-20-16-28(21(2)22(3)29(20)32)35-19-26(31)18-33-12-14-34(15-13-33)27-10-6-24(7-11-27)17-23-4-8-25(30)9-5-23;;;/h4-11,16,26H,12-15,17-19,32H2,1-3H3;3*1H. The van der Waals surface area contributed by atoms with E-state index in [-0.39, 0.29) is 49.6 Å². The fourth-order valence-electron chi connectivity index (χ4n) is 4.58. The maximum absolute atomic E-state index is 14.7. The van der Waals surface area contributed by atoms with Crippen molar-refractivity contribution < 1.29 is 13.5 Å². The monoisotopic (exact) mass is 587 g/mol. The highest BCUT2D eigenvalue weighted by Gasteiger charge is 2.21. The summed E-state index contributed by atoms with van der Waals surface area (Å²) in [7, 11) is 0. The third-order valence-corrected chi connectivity index (χ3v) is 6.98. The van der Waals surface area contributed by atoms with Crippen molar-refractivity contribution in [1.82, 2.24) is 4.90 Å². The van der Waals surface area contributed by atoms with Gasteiger partial charge < -0.3 is 15.4 Å². The molecule has 1 aliphatic rings. The van der Waals surface area contributed by atoms with Gasteiger partial charge in [0.25, 0.3) is 0 Å². The lowest BCUT2D eigenvalue weighted by atomic mass is 10.0. The molecule has 38 heavy (non-hydrogen) atoms. The van der Waals surface area contributed by atoms with Gasteiger partial charge in [0, 0.05) is 44.1 Å². The molecule has 0 amide bonds. The molecule has 4 rings (SSSR count). The first-order valence-corrected chi connectivity index (χ1v) is 12.2. The van der Waals surface area contributed by atoms with Crippen molar-refractivity contribution in [2.45, 2.75) is 33.4 Å². The molecule has 0 aliphatic carbocycles. The van der Waals surface area contributed by atoms with E-state index in [2.05, 4.69) is 34.1 Å². The highest BCUT2D eigenvalue weighted by molar-refractivity contribution is 5.86. The Balaban J connectivity index is 0.00000241. The largest absolute Gasteiger partial charge is 0.490 e. The van der Waals surface area contributed by atoms with Gasteiger partial charge in [0.2, 0.25) is 0 Å². The summed E-state index contributed by atoms with van der Waals surface area (Å²) in [4.78, 5) is 4.50. The third kappa shape index (κ3) is 8.63. The van der Waals surface area contributed by atoms with E-state index in [1.165, 1.54) is 23.4 Å². The number of hydrogen-bond donors (Lipinski definition) is 1. The number of rotatable bonds is 8. The molecule has 1 heterocycles. The van der Waals surface area contributed by atoms with Gasteiger partial charge in [-0.2, -0.15) is 0 Å². The molecule has 1 aliphatic heterocycles. The van der Waals surface area contributed by atoms with E-state index in [0.717, 1.165) is 60.5 Å². The predicted molar refractivity (Wildman–Crippen MR) is 162 cm³/mol. The summed E-state index contributed by atoms with van der Waals surface area (Å²) in [5, 5.41) is 0. The van der Waals surface area contributed by atoms with E-state index < -0.39 is 6.17 Å². The van der Waals surface area contributed by atoms with Crippen molar-refractivity contribution in [3.05, 3.63) is 88.2 Å². The molecule has 0 spiro atoms. The molecule has 2 N–H and O–H groups in total. The Kier molecular flexibility index (Phi) is 13.7. The van der Waals surface area contributed by atoms with Gasteiger partial charge in [-0.05, 0) is 85.3 Å². The van der Waals surface area contributed by atoms with Gasteiger partial charge in [-0.3, -0.25) is 4.90 Å². The summed E-state index contributed by atoms with van der Waals surface area (Å²) >= 11 is 0. The quantitative estimate of drug-likeness (QED) is 0.296. The molecular weight excluding hydrogens is 551 g/mol. The number of nitrogen functional groups attached to an aromatic ring is 1. The summed E-state index contributed by atoms with van der Waals surface area (Å²) in [6.07, 6.45) is -0.270. The Morgan fingerprint density at radius 1 is 0.842 bits per heavy atom. The molecule has 1 unspecified atom stereocenters. The minimum atomic E-state index is -1.05. The van der Waals surface area contributed by atoms with Crippen molar-refractivity contribution in [1.29, 1.82) is 0 Å². The van der Waals surface area contributed by atoms with Gasteiger partial charge in [-0.25, -0.2) is 8.78 Å². The highest BCUT2D eigenvalue weighted by atomic mass is 35.5. The number of ether oxygens (including phenoxy) is 1. The van der Waals surface area contributed by atoms with Crippen molar-refractivity contribution in [3.8, 4) is 5.75 Å². The van der Waals surface area contributed by atoms with E-state index in [9.17, 15) is 8.78 Å². The molecule has 0 radical (unpaired) electrons. The van der Waals surface area contributed by atoms with Gasteiger partial charge in [0.05, 0.1) is 0 Å². The Morgan fingerprint density at radius 2 is 1.39 bits per heavy atom. The number of hydrogen-bond acceptors (Lipinski definition) is 4. The fourth-order valence-corrected chi connectivity index (χ4v) is 4.58. The van der Waals surface area contributed by atoms with Crippen LogP contribution >= 0.6 is 37.2 Å². The molecule has 210 valence electrons. The number of alkyl halides is 1. The molecule has 1 atom stereocenters. The number of piperazine rings is 1. The number of benzene rings is 3. The molecule has 1 fully saturated rings. The van der Waals surface area contributed by atoms with Crippen LogP contribution in [0.5, 0.6) is 5.75 Å². The summed E-state index contributed by atoms with van der Waals surface area (Å²) < 4.78 is 33.6. The lowest BCUT2D eigenvalue weighted by Crippen LogP contribution is -2.48. The van der Waals surface area contributed by atoms with Crippen molar-refractivity contribution in [2.75, 3.05) is 50.0 Å². The predicted octanol–water partition coefficient (Wildman–Crippen LogP) is 6.73. The van der Waals surface area contributed by atoms with Crippen LogP contribution in [0.2, 0.25) is 0 Å². The second kappa shape index (κ2) is 15.4. The molecule has 3 aromatic carbocycles. The Hall–Kier alpha value is -2.25. The lowest BCUT2D eigenvalue weighted by molar-refractivity contribution is 0.133. The second-order valence-electron chi connectivity index (χ2n) is 9.52. The summed E-state index contributed by atoms with van der Waals surface area (Å²) in [6, 6.07) is 17.1. The van der Waals surface area contributed by atoms with E-state index in [0.29, 0.717) is 12.3 Å². The van der Waals surface area contributed by atoms with E-state index in [4.69, 9.17) is 10.5 Å². The molecule has 9 heteroatoms. The highest BCUT2D eigenvalue weighted by Crippen LogP contribution is 2.29. The first kappa shape index (κ1) is 33.8. The van der Waals surface area contributed by atoms with Crippen molar-refractivity contribution in [3.63, 3.8) is 0 Å². The Morgan fingerprint density at radius 3 is 1.97 bits per heavy atom. The third-order valence-electron chi connectivity index (χ3n) is 6.98. The van der Waals surface area contributed by atoms with Crippen LogP contribution in [-0.4, -0.2) is 50.4 Å². The normalized spacial score (nSPS) is 14.1. The number of anilines is 2. The van der Waals surface area contributed by atoms with Crippen LogP contribution in [0.3, 0.4) is 0 Å². The van der Waals surface area contributed by atoms with Gasteiger partial charge in [-0.15, -0.1) is 37.2 Å². The van der Waals surface area contributed by atoms with Gasteiger partial charge in [-0.1, -0.05) is 24.3 Å². The summed E-state index contributed by atoms with van der Waals surface area (Å²) in [5.41, 5.74) is 13.2. The maximum atomic E-state index is 14.7. The topological polar surface area (TPSA) is 41.7 Å². The van der Waals surface area contributed by atoms with Gasteiger partial charge in [0.1, 0.15) is 24.3 Å². The zero-order chi connectivity index (χ0) is 24.9. The van der Waals surface area contributed by atoms with Crippen molar-refractivity contribution in [2.24, 2.45) is 0 Å². The van der Waals surface area contributed by atoms with Crippen LogP contribution in [-0.2, 0) is 6.42 Å². The lowest BCUT2D eigenvalue weighted by Gasteiger charge is -2.36. The van der Waals surface area contributed by atoms with Crippen LogP contribution in [0.25, 0.3) is 0 Å². The molecule has 0 bridgehead atoms. The molecule has 3 aromatic rings. The minimum Gasteiger partial charge on any atom is -0.490 e. The molecule has 0 saturated carbocycles. The number of nitrogens with zero attached hydrogens (tertiary/aromatic N) is 2.